The van der Waals surface area contributed by atoms with Crippen LogP contribution >= 0.6 is 0 Å². The number of nitrogens with zero attached hydrogens (tertiary/aromatic N) is 5. The van der Waals surface area contributed by atoms with Crippen LogP contribution in [0.1, 0.15) is 51.0 Å². The van der Waals surface area contributed by atoms with Gasteiger partial charge in [0.1, 0.15) is 0 Å². The van der Waals surface area contributed by atoms with Crippen molar-refractivity contribution in [2.75, 3.05) is 30.4 Å². The molecule has 0 amide bonds. The largest absolute Gasteiger partial charge is 0.382 e. The minimum absolute atomic E-state index is 0.162. The zero-order valence-corrected chi connectivity index (χ0v) is 20.9. The molecule has 5 rings (SSSR count). The first-order chi connectivity index (χ1) is 17.0. The first-order valence-corrected chi connectivity index (χ1v) is 14.0. The standard InChI is InChI=1S/C25H33N7O2S/c1-26-35(33,34)22-12-13-24(27-19-8-4-2-5-9-19)23(18-22)25-28-30-32(29-25)21-14-16-31(17-15-21)20-10-6-3-7-11-20/h3,6-7,10-13,18-19,21,26-27H,2,4-5,8-9,14-17H2,1H3. The van der Waals surface area contributed by atoms with Gasteiger partial charge in [0.05, 0.1) is 10.9 Å². The fourth-order valence-corrected chi connectivity index (χ4v) is 5.82. The Kier molecular flexibility index (Phi) is 7.01. The summed E-state index contributed by atoms with van der Waals surface area (Å²) in [6.45, 7) is 1.85. The van der Waals surface area contributed by atoms with Gasteiger partial charge in [0, 0.05) is 36.1 Å². The Balaban J connectivity index is 1.38. The van der Waals surface area contributed by atoms with Gasteiger partial charge in [-0.25, -0.2) is 13.1 Å². The molecule has 0 unspecified atom stereocenters. The van der Waals surface area contributed by atoms with Crippen LogP contribution in [0.2, 0.25) is 0 Å². The third-order valence-electron chi connectivity index (χ3n) is 7.12. The molecule has 1 saturated carbocycles. The van der Waals surface area contributed by atoms with E-state index < -0.39 is 10.0 Å². The number of benzene rings is 2. The molecule has 2 heterocycles. The third kappa shape index (κ3) is 5.33. The van der Waals surface area contributed by atoms with Crippen LogP contribution in [0.15, 0.2) is 53.4 Å². The molecule has 9 nitrogen and oxygen atoms in total. The van der Waals surface area contributed by atoms with E-state index in [1.165, 1.54) is 32.0 Å². The molecule has 1 aromatic heterocycles. The van der Waals surface area contributed by atoms with Crippen molar-refractivity contribution in [1.82, 2.24) is 24.9 Å². The normalized spacial score (nSPS) is 18.0. The summed E-state index contributed by atoms with van der Waals surface area (Å²) >= 11 is 0. The number of nitrogens with one attached hydrogen (secondary N) is 2. The summed E-state index contributed by atoms with van der Waals surface area (Å²) < 4.78 is 27.4. The van der Waals surface area contributed by atoms with E-state index in [0.29, 0.717) is 17.4 Å². The van der Waals surface area contributed by atoms with Crippen LogP contribution in [-0.2, 0) is 10.0 Å². The number of hydrogen-bond donors (Lipinski definition) is 2. The lowest BCUT2D eigenvalue weighted by Gasteiger charge is -2.32. The number of sulfonamides is 1. The van der Waals surface area contributed by atoms with Crippen LogP contribution in [0, 0.1) is 0 Å². The van der Waals surface area contributed by atoms with E-state index in [4.69, 9.17) is 5.10 Å². The van der Waals surface area contributed by atoms with E-state index >= 15 is 0 Å². The molecule has 2 fully saturated rings. The maximum Gasteiger partial charge on any atom is 0.240 e. The molecule has 0 atom stereocenters. The van der Waals surface area contributed by atoms with Gasteiger partial charge < -0.3 is 10.2 Å². The lowest BCUT2D eigenvalue weighted by molar-refractivity contribution is 0.328. The summed E-state index contributed by atoms with van der Waals surface area (Å²) in [5.74, 6) is 0.446. The van der Waals surface area contributed by atoms with Gasteiger partial charge in [-0.05, 0) is 68.3 Å². The van der Waals surface area contributed by atoms with Crippen molar-refractivity contribution < 1.29 is 8.42 Å². The number of hydrogen-bond acceptors (Lipinski definition) is 7. The van der Waals surface area contributed by atoms with Crippen molar-refractivity contribution in [2.24, 2.45) is 0 Å². The topological polar surface area (TPSA) is 105 Å². The van der Waals surface area contributed by atoms with Gasteiger partial charge in [-0.1, -0.05) is 37.5 Å². The average molecular weight is 496 g/mol. The molecule has 2 aromatic carbocycles. The molecule has 2 N–H and O–H groups in total. The van der Waals surface area contributed by atoms with Crippen molar-refractivity contribution in [3.05, 3.63) is 48.5 Å². The Morgan fingerprint density at radius 3 is 2.40 bits per heavy atom. The Morgan fingerprint density at radius 2 is 1.69 bits per heavy atom. The molecule has 2 aliphatic rings. The number of anilines is 2. The van der Waals surface area contributed by atoms with E-state index in [1.54, 1.807) is 16.9 Å². The Bertz CT molecular complexity index is 1230. The third-order valence-corrected chi connectivity index (χ3v) is 8.53. The van der Waals surface area contributed by atoms with E-state index in [0.717, 1.165) is 44.5 Å². The lowest BCUT2D eigenvalue weighted by atomic mass is 9.95. The minimum Gasteiger partial charge on any atom is -0.382 e. The fraction of sp³-hybridized carbons (Fsp3) is 0.480. The molecule has 10 heteroatoms. The lowest BCUT2D eigenvalue weighted by Crippen LogP contribution is -2.35. The maximum absolute atomic E-state index is 12.5. The summed E-state index contributed by atoms with van der Waals surface area (Å²) in [4.78, 5) is 4.28. The Morgan fingerprint density at radius 1 is 0.943 bits per heavy atom. The second kappa shape index (κ2) is 10.3. The summed E-state index contributed by atoms with van der Waals surface area (Å²) in [6.07, 6.45) is 7.73. The van der Waals surface area contributed by atoms with Gasteiger partial charge in [-0.2, -0.15) is 4.80 Å². The van der Waals surface area contributed by atoms with Crippen molar-refractivity contribution in [3.8, 4) is 11.4 Å². The molecule has 0 radical (unpaired) electrons. The predicted octanol–water partition coefficient (Wildman–Crippen LogP) is 3.83. The highest BCUT2D eigenvalue weighted by Crippen LogP contribution is 2.32. The molecule has 3 aromatic rings. The Labute approximate surface area is 207 Å². The molecule has 186 valence electrons. The highest BCUT2D eigenvalue weighted by molar-refractivity contribution is 7.89. The highest BCUT2D eigenvalue weighted by Gasteiger charge is 2.25. The molecule has 0 spiro atoms. The quantitative estimate of drug-likeness (QED) is 0.513. The van der Waals surface area contributed by atoms with Gasteiger partial charge in [-0.15, -0.1) is 10.2 Å². The predicted molar refractivity (Wildman–Crippen MR) is 137 cm³/mol. The molecule has 35 heavy (non-hydrogen) atoms. The minimum atomic E-state index is -3.59. The molecule has 1 saturated heterocycles. The summed E-state index contributed by atoms with van der Waals surface area (Å²) in [5, 5.41) is 17.1. The smallest absolute Gasteiger partial charge is 0.240 e. The van der Waals surface area contributed by atoms with Crippen LogP contribution in [-0.4, -0.2) is 54.8 Å². The fourth-order valence-electron chi connectivity index (χ4n) is 5.07. The number of aromatic nitrogens is 4. The van der Waals surface area contributed by atoms with Crippen LogP contribution in [0.4, 0.5) is 11.4 Å². The molecule has 1 aliphatic heterocycles. The van der Waals surface area contributed by atoms with Crippen molar-refractivity contribution >= 4 is 21.4 Å². The van der Waals surface area contributed by atoms with Crippen LogP contribution in [0.5, 0.6) is 0 Å². The summed E-state index contributed by atoms with van der Waals surface area (Å²) in [7, 11) is -2.17. The number of para-hydroxylation sites is 1. The van der Waals surface area contributed by atoms with Crippen LogP contribution in [0.25, 0.3) is 11.4 Å². The summed E-state index contributed by atoms with van der Waals surface area (Å²) in [6, 6.07) is 16.1. The molecular formula is C25H33N7O2S. The van der Waals surface area contributed by atoms with E-state index in [9.17, 15) is 8.42 Å². The van der Waals surface area contributed by atoms with Gasteiger partial charge in [0.25, 0.3) is 0 Å². The first-order valence-electron chi connectivity index (χ1n) is 12.5. The van der Waals surface area contributed by atoms with E-state index in [2.05, 4.69) is 49.5 Å². The number of rotatable bonds is 7. The van der Waals surface area contributed by atoms with Crippen LogP contribution in [0.3, 0.4) is 0 Å². The summed E-state index contributed by atoms with van der Waals surface area (Å²) in [5.41, 5.74) is 2.75. The SMILES string of the molecule is CNS(=O)(=O)c1ccc(NC2CCCCC2)c(-c2nnn(C3CCN(c4ccccc4)CC3)n2)c1. The van der Waals surface area contributed by atoms with E-state index in [1.807, 2.05) is 12.1 Å². The number of tetrazole rings is 1. The highest BCUT2D eigenvalue weighted by atomic mass is 32.2. The second-order valence-corrected chi connectivity index (χ2v) is 11.3. The van der Waals surface area contributed by atoms with Gasteiger partial charge >= 0.3 is 0 Å². The maximum atomic E-state index is 12.5. The number of piperidine rings is 1. The van der Waals surface area contributed by atoms with Crippen molar-refractivity contribution in [2.45, 2.75) is 61.9 Å². The zero-order valence-electron chi connectivity index (χ0n) is 20.1. The zero-order chi connectivity index (χ0) is 24.3. The first kappa shape index (κ1) is 23.7. The van der Waals surface area contributed by atoms with E-state index in [-0.39, 0.29) is 10.9 Å². The Hall–Kier alpha value is -2.98. The monoisotopic (exact) mass is 495 g/mol. The van der Waals surface area contributed by atoms with Crippen molar-refractivity contribution in [1.29, 1.82) is 0 Å². The van der Waals surface area contributed by atoms with Crippen molar-refractivity contribution in [3.63, 3.8) is 0 Å². The van der Waals surface area contributed by atoms with Gasteiger partial charge in [-0.3, -0.25) is 0 Å². The molecular weight excluding hydrogens is 462 g/mol. The molecule has 1 aliphatic carbocycles. The van der Waals surface area contributed by atoms with Crippen LogP contribution < -0.4 is 14.9 Å². The second-order valence-electron chi connectivity index (χ2n) is 9.38. The average Bonchev–Trinajstić information content (AvgIpc) is 3.40. The van der Waals surface area contributed by atoms with Gasteiger partial charge in [0.2, 0.25) is 15.8 Å². The molecule has 0 bridgehead atoms. The van der Waals surface area contributed by atoms with Gasteiger partial charge in [0.15, 0.2) is 0 Å².